The van der Waals surface area contributed by atoms with E-state index < -0.39 is 24.2 Å². The van der Waals surface area contributed by atoms with Crippen molar-refractivity contribution in [2.24, 2.45) is 5.73 Å². The molecule has 0 aromatic rings. The fraction of sp³-hybridized carbons (Fsp3) is 0.800. The first-order valence-electron chi connectivity index (χ1n) is 5.66. The molecule has 1 atom stereocenters. The highest BCUT2D eigenvalue weighted by Gasteiger charge is 2.33. The third-order valence-corrected chi connectivity index (χ3v) is 2.26. The van der Waals surface area contributed by atoms with Gasteiger partial charge in [0.2, 0.25) is 5.79 Å². The molecule has 1 unspecified atom stereocenters. The number of carboxylic acid groups (broad SMARTS) is 1. The Labute approximate surface area is 105 Å². The molecule has 0 saturated carbocycles. The minimum Gasteiger partial charge on any atom is -0.480 e. The van der Waals surface area contributed by atoms with Gasteiger partial charge in [-0.05, 0) is 26.4 Å². The predicted octanol–water partition coefficient (Wildman–Crippen LogP) is -0.952. The van der Waals surface area contributed by atoms with E-state index in [4.69, 9.17) is 10.8 Å². The molecule has 18 heavy (non-hydrogen) atoms. The molecule has 0 aromatic carbocycles. The summed E-state index contributed by atoms with van der Waals surface area (Å²) in [6.45, 7) is 0.290. The molecule has 0 aliphatic rings. The third-order valence-electron chi connectivity index (χ3n) is 2.26. The van der Waals surface area contributed by atoms with Crippen molar-refractivity contribution in [3.8, 4) is 0 Å². The minimum absolute atomic E-state index is 0.110. The number of nitrogens with two attached hydrogens (primary N) is 1. The maximum Gasteiger partial charge on any atom is 0.319 e. The number of hydrogen-bond acceptors (Lipinski definition) is 5. The van der Waals surface area contributed by atoms with Gasteiger partial charge in [0.05, 0.1) is 0 Å². The Bertz CT molecular complexity index is 286. The number of nitrogens with one attached hydrogen (secondary N) is 2. The van der Waals surface area contributed by atoms with Gasteiger partial charge >= 0.3 is 5.97 Å². The van der Waals surface area contributed by atoms with Gasteiger partial charge in [0, 0.05) is 13.5 Å². The van der Waals surface area contributed by atoms with Gasteiger partial charge in [-0.2, -0.15) is 0 Å². The minimum atomic E-state index is -2.49. The fourth-order valence-electron chi connectivity index (χ4n) is 1.31. The monoisotopic (exact) mass is 264 g/mol. The Kier molecular flexibility index (Phi) is 7.41. The van der Waals surface area contributed by atoms with Crippen LogP contribution in [0.5, 0.6) is 0 Å². The normalized spacial score (nSPS) is 14.3. The summed E-state index contributed by atoms with van der Waals surface area (Å²) in [4.78, 5) is 21.8. The van der Waals surface area contributed by atoms with Gasteiger partial charge in [-0.1, -0.05) is 0 Å². The lowest BCUT2D eigenvalue weighted by molar-refractivity contribution is -0.143. The largest absolute Gasteiger partial charge is 0.480 e. The van der Waals surface area contributed by atoms with E-state index in [0.717, 1.165) is 11.6 Å². The van der Waals surface area contributed by atoms with Crippen LogP contribution in [0.25, 0.3) is 0 Å². The molecule has 0 heterocycles. The van der Waals surface area contributed by atoms with Crippen molar-refractivity contribution in [2.75, 3.05) is 27.2 Å². The quantitative estimate of drug-likeness (QED) is 0.243. The third kappa shape index (κ3) is 7.15. The molecule has 0 aliphatic heterocycles. The Morgan fingerprint density at radius 1 is 1.44 bits per heavy atom. The van der Waals surface area contributed by atoms with E-state index in [9.17, 15) is 14.0 Å². The maximum absolute atomic E-state index is 13.8. The number of nitrogens with zero attached hydrogens (tertiary/aromatic N) is 1. The highest BCUT2D eigenvalue weighted by Crippen LogP contribution is 2.13. The zero-order chi connectivity index (χ0) is 14.2. The Morgan fingerprint density at radius 2 is 2.06 bits per heavy atom. The summed E-state index contributed by atoms with van der Waals surface area (Å²) in [5.74, 6) is -4.65. The molecule has 5 N–H and O–H groups in total. The van der Waals surface area contributed by atoms with Crippen LogP contribution in [0, 0.1) is 0 Å². The number of carbonyl (C=O) groups excluding carboxylic acids is 1. The van der Waals surface area contributed by atoms with E-state index in [1.165, 1.54) is 7.05 Å². The standard InChI is InChI=1S/C10H21FN4O3/c1-13-6-4-3-5-10(11,12)9(18)14-15(2)7-8(16)17/h13H,3-7,12H2,1-2H3,(H,14,18)(H,16,17). The number of likely N-dealkylation sites (N-methyl/N-ethyl adjacent to an activating group) is 1. The molecule has 0 fully saturated rings. The number of rotatable bonds is 9. The van der Waals surface area contributed by atoms with Crippen LogP contribution in [0.4, 0.5) is 4.39 Å². The van der Waals surface area contributed by atoms with E-state index in [2.05, 4.69) is 10.7 Å². The van der Waals surface area contributed by atoms with Crippen LogP contribution in [0.1, 0.15) is 19.3 Å². The molecule has 8 heteroatoms. The number of hydrogen-bond donors (Lipinski definition) is 4. The van der Waals surface area contributed by atoms with Gasteiger partial charge in [-0.3, -0.25) is 20.7 Å². The predicted molar refractivity (Wildman–Crippen MR) is 64.2 cm³/mol. The first-order chi connectivity index (χ1) is 8.29. The number of amides is 1. The van der Waals surface area contributed by atoms with Gasteiger partial charge < -0.3 is 10.4 Å². The van der Waals surface area contributed by atoms with E-state index in [-0.39, 0.29) is 6.42 Å². The summed E-state index contributed by atoms with van der Waals surface area (Å²) in [7, 11) is 3.10. The summed E-state index contributed by atoms with van der Waals surface area (Å²) < 4.78 is 13.8. The average Bonchev–Trinajstić information content (AvgIpc) is 2.23. The molecule has 0 saturated heterocycles. The summed E-state index contributed by atoms with van der Waals surface area (Å²) >= 11 is 0. The molecule has 1 amide bonds. The van der Waals surface area contributed by atoms with Crippen LogP contribution >= 0.6 is 0 Å². The lowest BCUT2D eigenvalue weighted by Gasteiger charge is -2.23. The molecule has 0 rings (SSSR count). The molecule has 0 bridgehead atoms. The molecule has 0 aliphatic carbocycles. The van der Waals surface area contributed by atoms with Gasteiger partial charge in [-0.15, -0.1) is 0 Å². The average molecular weight is 264 g/mol. The van der Waals surface area contributed by atoms with Crippen molar-refractivity contribution in [3.63, 3.8) is 0 Å². The number of hydrazine groups is 1. The zero-order valence-electron chi connectivity index (χ0n) is 10.7. The lowest BCUT2D eigenvalue weighted by Crippen LogP contribution is -2.55. The second kappa shape index (κ2) is 7.96. The molecule has 0 aromatic heterocycles. The molecule has 0 radical (unpaired) electrons. The van der Waals surface area contributed by atoms with E-state index >= 15 is 0 Å². The van der Waals surface area contributed by atoms with E-state index in [0.29, 0.717) is 12.8 Å². The van der Waals surface area contributed by atoms with Crippen LogP contribution in [-0.2, 0) is 9.59 Å². The Morgan fingerprint density at radius 3 is 2.56 bits per heavy atom. The summed E-state index contributed by atoms with van der Waals surface area (Å²) in [6, 6.07) is 0. The summed E-state index contributed by atoms with van der Waals surface area (Å²) in [5.41, 5.74) is 7.34. The Hall–Kier alpha value is -1.25. The van der Waals surface area contributed by atoms with Crippen molar-refractivity contribution >= 4 is 11.9 Å². The number of unbranched alkanes of at least 4 members (excludes halogenated alkanes) is 1. The summed E-state index contributed by atoms with van der Waals surface area (Å²) in [6.07, 6.45) is 1.06. The highest BCUT2D eigenvalue weighted by molar-refractivity contribution is 5.84. The molecule has 7 nitrogen and oxygen atoms in total. The topological polar surface area (TPSA) is 108 Å². The van der Waals surface area contributed by atoms with Gasteiger partial charge in [0.25, 0.3) is 5.91 Å². The first-order valence-corrected chi connectivity index (χ1v) is 5.66. The van der Waals surface area contributed by atoms with Gasteiger partial charge in [0.1, 0.15) is 6.54 Å². The highest BCUT2D eigenvalue weighted by atomic mass is 19.1. The smallest absolute Gasteiger partial charge is 0.319 e. The van der Waals surface area contributed by atoms with E-state index in [1.807, 2.05) is 0 Å². The molecular weight excluding hydrogens is 243 g/mol. The van der Waals surface area contributed by atoms with E-state index in [1.54, 1.807) is 7.05 Å². The summed E-state index contributed by atoms with van der Waals surface area (Å²) in [5, 5.41) is 12.3. The number of carbonyl (C=O) groups is 2. The Balaban J connectivity index is 4.08. The van der Waals surface area contributed by atoms with Crippen LogP contribution in [0.2, 0.25) is 0 Å². The second-order valence-electron chi connectivity index (χ2n) is 4.11. The number of alkyl halides is 1. The number of carboxylic acids is 1. The van der Waals surface area contributed by atoms with Crippen LogP contribution in [-0.4, -0.2) is 55.0 Å². The number of aliphatic carboxylic acids is 1. The van der Waals surface area contributed by atoms with Crippen LogP contribution in [0.3, 0.4) is 0 Å². The van der Waals surface area contributed by atoms with Crippen molar-refractivity contribution in [1.82, 2.24) is 15.8 Å². The van der Waals surface area contributed by atoms with Gasteiger partial charge in [0.15, 0.2) is 0 Å². The second-order valence-corrected chi connectivity index (χ2v) is 4.11. The SMILES string of the molecule is CNCCCCC(N)(F)C(=O)NN(C)CC(=O)O. The van der Waals surface area contributed by atoms with Crippen LogP contribution in [0.15, 0.2) is 0 Å². The first kappa shape index (κ1) is 16.8. The molecule has 106 valence electrons. The van der Waals surface area contributed by atoms with Crippen molar-refractivity contribution in [1.29, 1.82) is 0 Å². The number of halogens is 1. The van der Waals surface area contributed by atoms with Crippen molar-refractivity contribution < 1.29 is 19.1 Å². The zero-order valence-corrected chi connectivity index (χ0v) is 10.7. The van der Waals surface area contributed by atoms with Gasteiger partial charge in [-0.25, -0.2) is 9.40 Å². The van der Waals surface area contributed by atoms with Crippen molar-refractivity contribution in [2.45, 2.75) is 25.1 Å². The van der Waals surface area contributed by atoms with Crippen molar-refractivity contribution in [3.05, 3.63) is 0 Å². The lowest BCUT2D eigenvalue weighted by atomic mass is 10.1. The molecular formula is C10H21FN4O3. The fourth-order valence-corrected chi connectivity index (χ4v) is 1.31. The maximum atomic E-state index is 13.8. The molecule has 0 spiro atoms. The van der Waals surface area contributed by atoms with Crippen LogP contribution < -0.4 is 16.5 Å².